The Hall–Kier alpha value is -2.22. The smallest absolute Gasteiger partial charge is 0.387 e. The second kappa shape index (κ2) is 6.74. The molecule has 0 bridgehead atoms. The fraction of sp³-hybridized carbons (Fsp3) is 0.579. The van der Waals surface area contributed by atoms with E-state index < -0.39 is 6.61 Å². The van der Waals surface area contributed by atoms with Crippen molar-refractivity contribution in [1.29, 1.82) is 0 Å². The van der Waals surface area contributed by atoms with Crippen LogP contribution >= 0.6 is 0 Å². The third-order valence-electron chi connectivity index (χ3n) is 5.93. The third-order valence-corrected chi connectivity index (χ3v) is 5.93. The molecule has 0 aromatic carbocycles. The maximum absolute atomic E-state index is 12.6. The van der Waals surface area contributed by atoms with Crippen molar-refractivity contribution < 1.29 is 18.6 Å². The maximum Gasteiger partial charge on any atom is 0.387 e. The van der Waals surface area contributed by atoms with E-state index in [0.717, 1.165) is 25.0 Å². The molecule has 2 aliphatic rings. The van der Waals surface area contributed by atoms with Gasteiger partial charge in [-0.25, -0.2) is 4.98 Å². The zero-order chi connectivity index (χ0) is 19.3. The highest BCUT2D eigenvalue weighted by atomic mass is 19.3. The van der Waals surface area contributed by atoms with Crippen LogP contribution in [0.1, 0.15) is 50.8 Å². The number of hydrogen-bond donors (Lipinski definition) is 2. The van der Waals surface area contributed by atoms with Crippen LogP contribution in [0.3, 0.4) is 0 Å². The normalized spacial score (nSPS) is 27.6. The molecule has 0 aliphatic heterocycles. The number of aliphatic hydroxyl groups excluding tert-OH is 1. The first-order valence-corrected chi connectivity index (χ1v) is 9.37. The van der Waals surface area contributed by atoms with Crippen LogP contribution in [-0.4, -0.2) is 32.6 Å². The van der Waals surface area contributed by atoms with Crippen LogP contribution in [0.25, 0.3) is 11.3 Å². The molecule has 4 rings (SSSR count). The van der Waals surface area contributed by atoms with Crippen LogP contribution < -0.4 is 10.5 Å². The molecule has 3 atom stereocenters. The van der Waals surface area contributed by atoms with Crippen molar-refractivity contribution >= 4 is 5.82 Å². The van der Waals surface area contributed by atoms with Gasteiger partial charge in [0.25, 0.3) is 0 Å². The van der Waals surface area contributed by atoms with Crippen LogP contribution in [0.15, 0.2) is 18.3 Å². The van der Waals surface area contributed by atoms with Gasteiger partial charge in [0.1, 0.15) is 0 Å². The average molecular weight is 378 g/mol. The first-order valence-electron chi connectivity index (χ1n) is 9.37. The number of nitrogens with two attached hydrogens (primary N) is 1. The Bertz CT molecular complexity index is 829. The summed E-state index contributed by atoms with van der Waals surface area (Å²) >= 11 is 0. The molecule has 2 fully saturated rings. The number of hydrogen-bond acceptors (Lipinski definition) is 5. The highest BCUT2D eigenvalue weighted by Gasteiger charge is 2.57. The van der Waals surface area contributed by atoms with E-state index in [0.29, 0.717) is 29.0 Å². The minimum absolute atomic E-state index is 0.0775. The molecular formula is C19H24F2N4O2. The van der Waals surface area contributed by atoms with Crippen LogP contribution in [-0.2, 0) is 0 Å². The van der Waals surface area contributed by atoms with Crippen LogP contribution in [0.4, 0.5) is 14.6 Å². The molecule has 6 nitrogen and oxygen atoms in total. The molecule has 2 aromatic heterocycles. The summed E-state index contributed by atoms with van der Waals surface area (Å²) in [6, 6.07) is 3.69. The lowest BCUT2D eigenvalue weighted by Gasteiger charge is -2.15. The Labute approximate surface area is 156 Å². The van der Waals surface area contributed by atoms with Gasteiger partial charge in [0, 0.05) is 29.4 Å². The molecule has 2 aromatic rings. The standard InChI is InChI=1S/C19H24F2N4O2/c1-3-9(2)25-15(17-12-5-11(26)6-13(12)17)7-14(24-25)10-4-16(27-19(20)21)18(22)23-8-10/h4,7-9,11-13,17,19,26H,3,5-6H2,1-2H3,(H2,22,23). The van der Waals surface area contributed by atoms with Crippen LogP contribution in [0.5, 0.6) is 5.75 Å². The summed E-state index contributed by atoms with van der Waals surface area (Å²) in [7, 11) is 0. The SMILES string of the molecule is CCC(C)n1nc(-c2cnc(N)c(OC(F)F)c2)cc1C1C2CC(O)CC21. The van der Waals surface area contributed by atoms with Crippen molar-refractivity contribution in [3.63, 3.8) is 0 Å². The van der Waals surface area contributed by atoms with E-state index in [1.54, 1.807) is 0 Å². The van der Waals surface area contributed by atoms with Crippen molar-refractivity contribution in [3.05, 3.63) is 24.0 Å². The van der Waals surface area contributed by atoms with Gasteiger partial charge < -0.3 is 15.6 Å². The van der Waals surface area contributed by atoms with Gasteiger partial charge in [0.2, 0.25) is 0 Å². The molecule has 8 heteroatoms. The second-order valence-electron chi connectivity index (χ2n) is 7.62. The lowest BCUT2D eigenvalue weighted by atomic mass is 10.1. The summed E-state index contributed by atoms with van der Waals surface area (Å²) in [4.78, 5) is 3.98. The molecule has 0 saturated heterocycles. The molecule has 146 valence electrons. The summed E-state index contributed by atoms with van der Waals surface area (Å²) < 4.78 is 31.7. The monoisotopic (exact) mass is 378 g/mol. The molecule has 0 radical (unpaired) electrons. The number of nitrogens with zero attached hydrogens (tertiary/aromatic N) is 3. The topological polar surface area (TPSA) is 86.2 Å². The number of fused-ring (bicyclic) bond motifs is 1. The van der Waals surface area contributed by atoms with E-state index in [9.17, 15) is 13.9 Å². The Morgan fingerprint density at radius 1 is 1.33 bits per heavy atom. The minimum Gasteiger partial charge on any atom is -0.431 e. The predicted octanol–water partition coefficient (Wildman–Crippen LogP) is 3.58. The second-order valence-corrected chi connectivity index (χ2v) is 7.62. The first-order chi connectivity index (χ1) is 12.9. The number of anilines is 1. The molecule has 3 N–H and O–H groups in total. The molecule has 2 saturated carbocycles. The summed E-state index contributed by atoms with van der Waals surface area (Å²) in [5.74, 6) is 1.20. The largest absolute Gasteiger partial charge is 0.431 e. The fourth-order valence-corrected chi connectivity index (χ4v) is 4.36. The maximum atomic E-state index is 12.6. The van der Waals surface area contributed by atoms with Gasteiger partial charge in [0.05, 0.1) is 11.8 Å². The number of rotatable bonds is 6. The molecule has 2 aliphatic carbocycles. The van der Waals surface area contributed by atoms with E-state index in [1.165, 1.54) is 12.3 Å². The van der Waals surface area contributed by atoms with Crippen molar-refractivity contribution in [1.82, 2.24) is 14.8 Å². The van der Waals surface area contributed by atoms with Gasteiger partial charge in [-0.05, 0) is 50.2 Å². The number of ether oxygens (including phenoxy) is 1. The van der Waals surface area contributed by atoms with E-state index in [4.69, 9.17) is 10.8 Å². The van der Waals surface area contributed by atoms with E-state index in [-0.39, 0.29) is 23.7 Å². The summed E-state index contributed by atoms with van der Waals surface area (Å²) in [5, 5.41) is 14.6. The van der Waals surface area contributed by atoms with E-state index >= 15 is 0 Å². The minimum atomic E-state index is -2.96. The molecular weight excluding hydrogens is 354 g/mol. The highest BCUT2D eigenvalue weighted by Crippen LogP contribution is 2.63. The van der Waals surface area contributed by atoms with Gasteiger partial charge in [-0.3, -0.25) is 4.68 Å². The van der Waals surface area contributed by atoms with Crippen molar-refractivity contribution in [3.8, 4) is 17.0 Å². The Kier molecular flexibility index (Phi) is 4.53. The van der Waals surface area contributed by atoms with Crippen molar-refractivity contribution in [2.24, 2.45) is 11.8 Å². The number of aromatic nitrogens is 3. The van der Waals surface area contributed by atoms with Gasteiger partial charge in [0.15, 0.2) is 11.6 Å². The summed E-state index contributed by atoms with van der Waals surface area (Å²) in [5.41, 5.74) is 8.04. The van der Waals surface area contributed by atoms with Crippen molar-refractivity contribution in [2.45, 2.75) is 57.8 Å². The van der Waals surface area contributed by atoms with Gasteiger partial charge >= 0.3 is 6.61 Å². The molecule has 2 heterocycles. The summed E-state index contributed by atoms with van der Waals surface area (Å²) in [6.45, 7) is 1.25. The van der Waals surface area contributed by atoms with Crippen LogP contribution in [0, 0.1) is 11.8 Å². The summed E-state index contributed by atoms with van der Waals surface area (Å²) in [6.07, 6.45) is 3.95. The molecule has 3 unspecified atom stereocenters. The zero-order valence-electron chi connectivity index (χ0n) is 15.3. The number of halogens is 2. The zero-order valence-corrected chi connectivity index (χ0v) is 15.3. The quantitative estimate of drug-likeness (QED) is 0.802. The number of alkyl halides is 2. The van der Waals surface area contributed by atoms with Gasteiger partial charge in [-0.1, -0.05) is 6.92 Å². The highest BCUT2D eigenvalue weighted by molar-refractivity contribution is 5.64. The number of pyridine rings is 1. The molecule has 27 heavy (non-hydrogen) atoms. The predicted molar refractivity (Wildman–Crippen MR) is 96.5 cm³/mol. The van der Waals surface area contributed by atoms with Crippen molar-refractivity contribution in [2.75, 3.05) is 5.73 Å². The van der Waals surface area contributed by atoms with Gasteiger partial charge in [-0.15, -0.1) is 0 Å². The fourth-order valence-electron chi connectivity index (χ4n) is 4.36. The lowest BCUT2D eigenvalue weighted by molar-refractivity contribution is -0.0494. The van der Waals surface area contributed by atoms with Crippen LogP contribution in [0.2, 0.25) is 0 Å². The Morgan fingerprint density at radius 2 is 2.04 bits per heavy atom. The number of aliphatic hydroxyl groups is 1. The van der Waals surface area contributed by atoms with Gasteiger partial charge in [-0.2, -0.15) is 13.9 Å². The molecule has 0 amide bonds. The lowest BCUT2D eigenvalue weighted by Crippen LogP contribution is -2.12. The Morgan fingerprint density at radius 3 is 2.67 bits per heavy atom. The average Bonchev–Trinajstić information content (AvgIpc) is 2.98. The Balaban J connectivity index is 1.68. The molecule has 0 spiro atoms. The first kappa shape index (κ1) is 18.2. The van der Waals surface area contributed by atoms with E-state index in [2.05, 4.69) is 23.6 Å². The number of nitrogen functional groups attached to an aromatic ring is 1. The van der Waals surface area contributed by atoms with E-state index in [1.807, 2.05) is 10.7 Å². The third kappa shape index (κ3) is 3.26.